The van der Waals surface area contributed by atoms with Gasteiger partial charge in [-0.1, -0.05) is 0 Å². The molecular weight excluding hydrogens is 249 g/mol. The molecule has 4 nitrogen and oxygen atoms in total. The van der Waals surface area contributed by atoms with Crippen molar-refractivity contribution in [1.82, 2.24) is 5.32 Å². The van der Waals surface area contributed by atoms with E-state index in [2.05, 4.69) is 0 Å². The number of rotatable bonds is 4. The van der Waals surface area contributed by atoms with Gasteiger partial charge in [-0.25, -0.2) is 0 Å². The average molecular weight is 262 g/mol. The number of carbonyl (C=O) groups excluding carboxylic acids is 1. The zero-order valence-corrected chi connectivity index (χ0v) is 9.67. The summed E-state index contributed by atoms with van der Waals surface area (Å²) in [6, 6.07) is 4.11. The van der Waals surface area contributed by atoms with Gasteiger partial charge in [0.1, 0.15) is 12.3 Å². The van der Waals surface area contributed by atoms with Gasteiger partial charge in [0, 0.05) is 17.3 Å². The van der Waals surface area contributed by atoms with E-state index in [1.54, 1.807) is 12.2 Å². The van der Waals surface area contributed by atoms with Crippen molar-refractivity contribution in [3.63, 3.8) is 0 Å². The van der Waals surface area contributed by atoms with Crippen LogP contribution in [0.15, 0.2) is 18.2 Å². The van der Waals surface area contributed by atoms with Crippen LogP contribution in [0.25, 0.3) is 0 Å². The van der Waals surface area contributed by atoms with Crippen LogP contribution in [0.3, 0.4) is 0 Å². The quantitative estimate of drug-likeness (QED) is 0.815. The Labute approximate surface area is 102 Å². The van der Waals surface area contributed by atoms with Gasteiger partial charge < -0.3 is 15.8 Å². The summed E-state index contributed by atoms with van der Waals surface area (Å²) < 4.78 is 41.0. The number of alkyl halides is 3. The first kappa shape index (κ1) is 14.1. The number of ether oxygens (including phenoxy) is 1. The van der Waals surface area contributed by atoms with E-state index in [0.29, 0.717) is 12.4 Å². The van der Waals surface area contributed by atoms with E-state index in [-0.39, 0.29) is 11.3 Å². The highest BCUT2D eigenvalue weighted by Crippen LogP contribution is 2.19. The second kappa shape index (κ2) is 5.61. The molecule has 100 valence electrons. The number of carbonyl (C=O) groups is 1. The van der Waals surface area contributed by atoms with Crippen LogP contribution in [0, 0.1) is 0 Å². The smallest absolute Gasteiger partial charge is 0.405 e. The van der Waals surface area contributed by atoms with Gasteiger partial charge in [0.25, 0.3) is 5.91 Å². The summed E-state index contributed by atoms with van der Waals surface area (Å²) >= 11 is 0. The lowest BCUT2D eigenvalue weighted by atomic mass is 10.1. The fourth-order valence-electron chi connectivity index (χ4n) is 1.29. The van der Waals surface area contributed by atoms with Crippen molar-refractivity contribution in [1.29, 1.82) is 0 Å². The number of nitrogen functional groups attached to an aromatic ring is 1. The molecule has 0 spiro atoms. The summed E-state index contributed by atoms with van der Waals surface area (Å²) in [6.45, 7) is 0.726. The maximum Gasteiger partial charge on any atom is 0.405 e. The van der Waals surface area contributed by atoms with E-state index in [9.17, 15) is 18.0 Å². The van der Waals surface area contributed by atoms with Crippen LogP contribution in [0.4, 0.5) is 18.9 Å². The van der Waals surface area contributed by atoms with Gasteiger partial charge in [0.2, 0.25) is 0 Å². The molecule has 0 aromatic heterocycles. The fraction of sp³-hybridized carbons (Fsp3) is 0.364. The summed E-state index contributed by atoms with van der Waals surface area (Å²) in [4.78, 5) is 11.5. The number of nitrogens with two attached hydrogens (primary N) is 1. The van der Waals surface area contributed by atoms with Gasteiger partial charge in [0.15, 0.2) is 0 Å². The Balaban J connectivity index is 2.79. The number of anilines is 1. The van der Waals surface area contributed by atoms with Crippen molar-refractivity contribution in [2.24, 2.45) is 0 Å². The van der Waals surface area contributed by atoms with E-state index in [0.717, 1.165) is 0 Å². The second-order valence-electron chi connectivity index (χ2n) is 3.52. The highest BCUT2D eigenvalue weighted by Gasteiger charge is 2.28. The summed E-state index contributed by atoms with van der Waals surface area (Å²) in [5.74, 6) is -0.504. The Bertz CT molecular complexity index is 433. The zero-order chi connectivity index (χ0) is 13.8. The molecule has 18 heavy (non-hydrogen) atoms. The van der Waals surface area contributed by atoms with Gasteiger partial charge in [-0.3, -0.25) is 4.79 Å². The molecule has 0 atom stereocenters. The SMILES string of the molecule is CCOc1cc(N)cc(C(=O)NCC(F)(F)F)c1. The Hall–Kier alpha value is -1.92. The highest BCUT2D eigenvalue weighted by molar-refractivity contribution is 5.95. The standard InChI is InChI=1S/C11H13F3N2O2/c1-2-18-9-4-7(3-8(15)5-9)10(17)16-6-11(12,13)14/h3-5H,2,6,15H2,1H3,(H,16,17). The molecule has 3 N–H and O–H groups in total. The number of hydrogen-bond acceptors (Lipinski definition) is 3. The molecule has 0 bridgehead atoms. The summed E-state index contributed by atoms with van der Waals surface area (Å²) in [7, 11) is 0. The maximum absolute atomic E-state index is 11.9. The monoisotopic (exact) mass is 262 g/mol. The predicted octanol–water partition coefficient (Wildman–Crippen LogP) is 1.96. The molecule has 0 aliphatic rings. The third-order valence-corrected chi connectivity index (χ3v) is 1.95. The van der Waals surface area contributed by atoms with Gasteiger partial charge in [-0.2, -0.15) is 13.2 Å². The molecule has 0 fully saturated rings. The average Bonchev–Trinajstić information content (AvgIpc) is 2.24. The third-order valence-electron chi connectivity index (χ3n) is 1.95. The first-order valence-corrected chi connectivity index (χ1v) is 5.20. The number of hydrogen-bond donors (Lipinski definition) is 2. The Morgan fingerprint density at radius 1 is 1.39 bits per heavy atom. The van der Waals surface area contributed by atoms with Crippen LogP contribution in [-0.4, -0.2) is 25.2 Å². The van der Waals surface area contributed by atoms with Crippen LogP contribution < -0.4 is 15.8 Å². The van der Waals surface area contributed by atoms with Crippen LogP contribution in [-0.2, 0) is 0 Å². The first-order valence-electron chi connectivity index (χ1n) is 5.20. The van der Waals surface area contributed by atoms with E-state index < -0.39 is 18.6 Å². The molecule has 0 heterocycles. The number of amides is 1. The molecule has 1 amide bonds. The van der Waals surface area contributed by atoms with Crippen LogP contribution in [0.5, 0.6) is 5.75 Å². The minimum Gasteiger partial charge on any atom is -0.494 e. The Kier molecular flexibility index (Phi) is 4.41. The Morgan fingerprint density at radius 3 is 2.61 bits per heavy atom. The zero-order valence-electron chi connectivity index (χ0n) is 9.67. The molecule has 0 aliphatic heterocycles. The Morgan fingerprint density at radius 2 is 2.06 bits per heavy atom. The lowest BCUT2D eigenvalue weighted by molar-refractivity contribution is -0.123. The minimum absolute atomic E-state index is 0.0303. The predicted molar refractivity (Wildman–Crippen MR) is 60.4 cm³/mol. The summed E-state index contributed by atoms with van der Waals surface area (Å²) in [5, 5.41) is 1.76. The highest BCUT2D eigenvalue weighted by atomic mass is 19.4. The molecule has 0 saturated carbocycles. The van der Waals surface area contributed by atoms with E-state index >= 15 is 0 Å². The first-order chi connectivity index (χ1) is 8.31. The van der Waals surface area contributed by atoms with Crippen molar-refractivity contribution in [3.05, 3.63) is 23.8 Å². The molecule has 0 unspecified atom stereocenters. The molecule has 0 radical (unpaired) electrons. The van der Waals surface area contributed by atoms with E-state index in [1.165, 1.54) is 18.2 Å². The minimum atomic E-state index is -4.45. The maximum atomic E-state index is 11.9. The third kappa shape index (κ3) is 4.52. The van der Waals surface area contributed by atoms with Gasteiger partial charge in [0.05, 0.1) is 6.61 Å². The normalized spacial score (nSPS) is 11.1. The van der Waals surface area contributed by atoms with Gasteiger partial charge >= 0.3 is 6.18 Å². The molecule has 1 aromatic rings. The van der Waals surface area contributed by atoms with E-state index in [1.807, 2.05) is 0 Å². The van der Waals surface area contributed by atoms with E-state index in [4.69, 9.17) is 10.5 Å². The molecule has 0 aliphatic carbocycles. The largest absolute Gasteiger partial charge is 0.494 e. The van der Waals surface area contributed by atoms with Crippen LogP contribution >= 0.6 is 0 Å². The van der Waals surface area contributed by atoms with Crippen molar-refractivity contribution in [2.45, 2.75) is 13.1 Å². The van der Waals surface area contributed by atoms with Crippen molar-refractivity contribution >= 4 is 11.6 Å². The fourth-order valence-corrected chi connectivity index (χ4v) is 1.29. The van der Waals surface area contributed by atoms with Crippen LogP contribution in [0.1, 0.15) is 17.3 Å². The topological polar surface area (TPSA) is 64.3 Å². The lowest BCUT2D eigenvalue weighted by Crippen LogP contribution is -2.33. The molecule has 1 aromatic carbocycles. The summed E-state index contributed by atoms with van der Waals surface area (Å²) in [5.41, 5.74) is 5.81. The summed E-state index contributed by atoms with van der Waals surface area (Å²) in [6.07, 6.45) is -4.45. The molecular formula is C11H13F3N2O2. The van der Waals surface area contributed by atoms with Crippen LogP contribution in [0.2, 0.25) is 0 Å². The molecule has 0 saturated heterocycles. The van der Waals surface area contributed by atoms with Crippen molar-refractivity contribution < 1.29 is 22.7 Å². The van der Waals surface area contributed by atoms with Gasteiger partial charge in [-0.05, 0) is 19.1 Å². The second-order valence-corrected chi connectivity index (χ2v) is 3.52. The van der Waals surface area contributed by atoms with Crippen molar-refractivity contribution in [3.8, 4) is 5.75 Å². The number of nitrogens with one attached hydrogen (secondary N) is 1. The van der Waals surface area contributed by atoms with Gasteiger partial charge in [-0.15, -0.1) is 0 Å². The molecule has 7 heteroatoms. The number of benzene rings is 1. The van der Waals surface area contributed by atoms with Crippen molar-refractivity contribution in [2.75, 3.05) is 18.9 Å². The number of halogens is 3. The lowest BCUT2D eigenvalue weighted by Gasteiger charge is -2.10. The molecule has 1 rings (SSSR count).